The van der Waals surface area contributed by atoms with Crippen LogP contribution in [-0.2, 0) is 14.8 Å². The van der Waals surface area contributed by atoms with Crippen LogP contribution in [0.1, 0.15) is 24.8 Å². The Hall–Kier alpha value is -1.93. The molecule has 0 spiro atoms. The van der Waals surface area contributed by atoms with Crippen molar-refractivity contribution in [2.75, 3.05) is 19.6 Å². The van der Waals surface area contributed by atoms with E-state index in [-0.39, 0.29) is 29.6 Å². The van der Waals surface area contributed by atoms with Crippen molar-refractivity contribution in [3.8, 4) is 0 Å². The number of benzene rings is 1. The SMILES string of the molecule is O=C(CCN=C1NS(=O)(=O)c2ccccc21)N1CCC[C@H](O)C1. The molecule has 124 valence electrons. The standard InChI is InChI=1S/C15H19N3O4S/c19-11-4-3-9-18(10-11)14(20)7-8-16-15-12-5-1-2-6-13(12)23(21,22)17-15/h1-2,5-6,11,19H,3-4,7-10H2,(H,16,17)/t11-/m0/s1. The normalized spacial score (nSPS) is 24.3. The topological polar surface area (TPSA) is 99.1 Å². The van der Waals surface area contributed by atoms with Crippen LogP contribution in [0.4, 0.5) is 0 Å². The van der Waals surface area contributed by atoms with E-state index in [1.807, 2.05) is 0 Å². The zero-order chi connectivity index (χ0) is 16.4. The zero-order valence-electron chi connectivity index (χ0n) is 12.6. The van der Waals surface area contributed by atoms with Crippen LogP contribution >= 0.6 is 0 Å². The zero-order valence-corrected chi connectivity index (χ0v) is 13.4. The van der Waals surface area contributed by atoms with E-state index in [9.17, 15) is 18.3 Å². The number of carbonyl (C=O) groups excluding carboxylic acids is 1. The van der Waals surface area contributed by atoms with Crippen molar-refractivity contribution in [3.05, 3.63) is 29.8 Å². The van der Waals surface area contributed by atoms with Gasteiger partial charge in [0.25, 0.3) is 10.0 Å². The molecule has 7 nitrogen and oxygen atoms in total. The van der Waals surface area contributed by atoms with Crippen molar-refractivity contribution in [3.63, 3.8) is 0 Å². The lowest BCUT2D eigenvalue weighted by Crippen LogP contribution is -2.42. The first-order valence-electron chi connectivity index (χ1n) is 7.60. The van der Waals surface area contributed by atoms with Gasteiger partial charge in [0.15, 0.2) is 0 Å². The summed E-state index contributed by atoms with van der Waals surface area (Å²) >= 11 is 0. The molecule has 1 amide bonds. The lowest BCUT2D eigenvalue weighted by Gasteiger charge is -2.30. The number of β-amino-alcohol motifs (C(OH)–C–C–N with tert-alkyl or cyclic N) is 1. The van der Waals surface area contributed by atoms with Gasteiger partial charge in [0, 0.05) is 25.1 Å². The molecular weight excluding hydrogens is 318 g/mol. The van der Waals surface area contributed by atoms with Gasteiger partial charge in [-0.2, -0.15) is 0 Å². The lowest BCUT2D eigenvalue weighted by atomic mass is 10.1. The van der Waals surface area contributed by atoms with Crippen LogP contribution in [0.2, 0.25) is 0 Å². The van der Waals surface area contributed by atoms with Crippen LogP contribution in [0.15, 0.2) is 34.2 Å². The first kappa shape index (κ1) is 15.9. The summed E-state index contributed by atoms with van der Waals surface area (Å²) in [4.78, 5) is 18.2. The van der Waals surface area contributed by atoms with Crippen LogP contribution < -0.4 is 4.72 Å². The van der Waals surface area contributed by atoms with Crippen molar-refractivity contribution < 1.29 is 18.3 Å². The van der Waals surface area contributed by atoms with E-state index < -0.39 is 16.1 Å². The lowest BCUT2D eigenvalue weighted by molar-refractivity contribution is -0.133. The van der Waals surface area contributed by atoms with Crippen LogP contribution in [-0.4, -0.2) is 55.9 Å². The number of sulfonamides is 1. The van der Waals surface area contributed by atoms with Crippen LogP contribution in [0.3, 0.4) is 0 Å². The first-order chi connectivity index (χ1) is 11.0. The molecule has 0 radical (unpaired) electrons. The second kappa shape index (κ2) is 6.29. The minimum atomic E-state index is -3.54. The third kappa shape index (κ3) is 3.37. The predicted molar refractivity (Wildman–Crippen MR) is 84.6 cm³/mol. The van der Waals surface area contributed by atoms with Gasteiger partial charge in [-0.1, -0.05) is 12.1 Å². The van der Waals surface area contributed by atoms with Crippen molar-refractivity contribution in [1.82, 2.24) is 9.62 Å². The smallest absolute Gasteiger partial charge is 0.263 e. The fraction of sp³-hybridized carbons (Fsp3) is 0.467. The summed E-state index contributed by atoms with van der Waals surface area (Å²) in [6, 6.07) is 6.62. The van der Waals surface area contributed by atoms with Crippen molar-refractivity contribution in [2.45, 2.75) is 30.3 Å². The molecule has 1 aromatic carbocycles. The molecule has 1 fully saturated rings. The fourth-order valence-electron chi connectivity index (χ4n) is 2.85. The number of nitrogens with one attached hydrogen (secondary N) is 1. The minimum absolute atomic E-state index is 0.0674. The number of aliphatic hydroxyl groups is 1. The van der Waals surface area contributed by atoms with E-state index in [1.165, 1.54) is 6.07 Å². The first-order valence-corrected chi connectivity index (χ1v) is 9.08. The highest BCUT2D eigenvalue weighted by atomic mass is 32.2. The number of amides is 1. The Labute approximate surface area is 135 Å². The van der Waals surface area contributed by atoms with Crippen molar-refractivity contribution in [1.29, 1.82) is 0 Å². The number of nitrogens with zero attached hydrogens (tertiary/aromatic N) is 2. The molecule has 0 bridgehead atoms. The van der Waals surface area contributed by atoms with Gasteiger partial charge in [-0.05, 0) is 25.0 Å². The number of hydrogen-bond acceptors (Lipinski definition) is 5. The molecule has 2 N–H and O–H groups in total. The number of likely N-dealkylation sites (tertiary alicyclic amines) is 1. The number of aliphatic hydroxyl groups excluding tert-OH is 1. The van der Waals surface area contributed by atoms with Crippen LogP contribution in [0, 0.1) is 0 Å². The maximum atomic E-state index is 12.1. The van der Waals surface area contributed by atoms with E-state index >= 15 is 0 Å². The predicted octanol–water partition coefficient (Wildman–Crippen LogP) is 0.0985. The number of carbonyl (C=O) groups is 1. The number of rotatable bonds is 3. The summed E-state index contributed by atoms with van der Waals surface area (Å²) in [6.45, 7) is 1.23. The Morgan fingerprint density at radius 3 is 2.96 bits per heavy atom. The quantitative estimate of drug-likeness (QED) is 0.817. The molecule has 0 unspecified atom stereocenters. The average molecular weight is 337 g/mol. The summed E-state index contributed by atoms with van der Waals surface area (Å²) in [5.41, 5.74) is 0.536. The maximum absolute atomic E-state index is 12.1. The van der Waals surface area contributed by atoms with Crippen molar-refractivity contribution >= 4 is 21.8 Å². The molecule has 23 heavy (non-hydrogen) atoms. The van der Waals surface area contributed by atoms with Gasteiger partial charge in [0.1, 0.15) is 5.84 Å². The number of fused-ring (bicyclic) bond motifs is 1. The Morgan fingerprint density at radius 2 is 2.17 bits per heavy atom. The monoisotopic (exact) mass is 337 g/mol. The second-order valence-corrected chi connectivity index (χ2v) is 7.37. The van der Waals surface area contributed by atoms with Gasteiger partial charge in [-0.15, -0.1) is 0 Å². The molecule has 2 aliphatic heterocycles. The molecule has 2 aliphatic rings. The van der Waals surface area contributed by atoms with Gasteiger partial charge in [-0.3, -0.25) is 14.5 Å². The average Bonchev–Trinajstić information content (AvgIpc) is 2.79. The molecule has 1 saturated heterocycles. The van der Waals surface area contributed by atoms with Gasteiger partial charge >= 0.3 is 0 Å². The Bertz CT molecular complexity index is 745. The molecule has 2 heterocycles. The Morgan fingerprint density at radius 1 is 1.39 bits per heavy atom. The Balaban J connectivity index is 1.64. The van der Waals surface area contributed by atoms with E-state index in [0.717, 1.165) is 12.8 Å². The summed E-state index contributed by atoms with van der Waals surface area (Å²) in [5.74, 6) is 0.217. The summed E-state index contributed by atoms with van der Waals surface area (Å²) in [7, 11) is -3.54. The molecule has 0 saturated carbocycles. The third-order valence-electron chi connectivity index (χ3n) is 4.01. The molecule has 8 heteroatoms. The number of amidine groups is 1. The molecule has 1 atom stereocenters. The minimum Gasteiger partial charge on any atom is -0.391 e. The number of aliphatic imine (C=N–C) groups is 1. The highest BCUT2D eigenvalue weighted by Crippen LogP contribution is 2.22. The number of piperidine rings is 1. The van der Waals surface area contributed by atoms with Crippen LogP contribution in [0.25, 0.3) is 0 Å². The van der Waals surface area contributed by atoms with E-state index in [0.29, 0.717) is 18.7 Å². The molecule has 0 aromatic heterocycles. The van der Waals surface area contributed by atoms with Crippen molar-refractivity contribution in [2.24, 2.45) is 4.99 Å². The maximum Gasteiger partial charge on any atom is 0.263 e. The van der Waals surface area contributed by atoms with Gasteiger partial charge < -0.3 is 10.0 Å². The van der Waals surface area contributed by atoms with Gasteiger partial charge in [0.05, 0.1) is 17.5 Å². The molecule has 1 aromatic rings. The van der Waals surface area contributed by atoms with Gasteiger partial charge in [0.2, 0.25) is 5.91 Å². The number of hydrogen-bond donors (Lipinski definition) is 2. The van der Waals surface area contributed by atoms with Crippen LogP contribution in [0.5, 0.6) is 0 Å². The van der Waals surface area contributed by atoms with E-state index in [1.54, 1.807) is 23.1 Å². The molecular formula is C15H19N3O4S. The van der Waals surface area contributed by atoms with E-state index in [4.69, 9.17) is 0 Å². The summed E-state index contributed by atoms with van der Waals surface area (Å²) < 4.78 is 26.3. The highest BCUT2D eigenvalue weighted by molar-refractivity contribution is 7.90. The fourth-order valence-corrected chi connectivity index (χ4v) is 4.10. The largest absolute Gasteiger partial charge is 0.391 e. The molecule has 0 aliphatic carbocycles. The molecule has 3 rings (SSSR count). The third-order valence-corrected chi connectivity index (χ3v) is 5.40. The summed E-state index contributed by atoms with van der Waals surface area (Å²) in [6.07, 6.45) is 1.27. The van der Waals surface area contributed by atoms with Gasteiger partial charge in [-0.25, -0.2) is 8.42 Å². The highest BCUT2D eigenvalue weighted by Gasteiger charge is 2.30. The van der Waals surface area contributed by atoms with E-state index in [2.05, 4.69) is 9.71 Å². The second-order valence-electron chi connectivity index (χ2n) is 5.72. The summed E-state index contributed by atoms with van der Waals surface area (Å²) in [5, 5.41) is 9.60. The Kier molecular flexibility index (Phi) is 4.36.